The van der Waals surface area contributed by atoms with Crippen molar-refractivity contribution in [3.63, 3.8) is 0 Å². The fourth-order valence-electron chi connectivity index (χ4n) is 1.59. The first-order valence-electron chi connectivity index (χ1n) is 6.14. The first-order valence-corrected chi connectivity index (χ1v) is 7.31. The van der Waals surface area contributed by atoms with Crippen molar-refractivity contribution < 1.29 is 13.9 Å². The van der Waals surface area contributed by atoms with Crippen LogP contribution in [0.25, 0.3) is 0 Å². The van der Waals surface area contributed by atoms with Crippen LogP contribution in [0.15, 0.2) is 46.9 Å². The van der Waals surface area contributed by atoms with Crippen LogP contribution in [-0.2, 0) is 4.79 Å². The van der Waals surface area contributed by atoms with Gasteiger partial charge in [-0.15, -0.1) is 0 Å². The number of amides is 1. The van der Waals surface area contributed by atoms with Crippen LogP contribution < -0.4 is 10.1 Å². The summed E-state index contributed by atoms with van der Waals surface area (Å²) in [7, 11) is 0. The van der Waals surface area contributed by atoms with Crippen molar-refractivity contribution in [2.24, 2.45) is 0 Å². The number of carbonyl (C=O) groups is 1. The van der Waals surface area contributed by atoms with Crippen molar-refractivity contribution in [3.8, 4) is 5.75 Å². The summed E-state index contributed by atoms with van der Waals surface area (Å²) in [6.07, 6.45) is -0.715. The van der Waals surface area contributed by atoms with Gasteiger partial charge in [-0.05, 0) is 65.3 Å². The molecule has 0 aliphatic carbocycles. The third-order valence-corrected chi connectivity index (χ3v) is 3.53. The van der Waals surface area contributed by atoms with Crippen LogP contribution >= 0.6 is 27.5 Å². The zero-order valence-electron chi connectivity index (χ0n) is 11.1. The molecule has 0 spiro atoms. The Morgan fingerprint density at radius 1 is 1.29 bits per heavy atom. The minimum atomic E-state index is -0.715. The molecule has 0 unspecified atom stereocenters. The molecule has 2 rings (SSSR count). The van der Waals surface area contributed by atoms with Gasteiger partial charge >= 0.3 is 0 Å². The highest BCUT2D eigenvalue weighted by Gasteiger charge is 2.16. The number of anilines is 1. The van der Waals surface area contributed by atoms with Gasteiger partial charge in [0.15, 0.2) is 6.10 Å². The van der Waals surface area contributed by atoms with E-state index in [2.05, 4.69) is 21.2 Å². The highest BCUT2D eigenvalue weighted by Crippen LogP contribution is 2.28. The summed E-state index contributed by atoms with van der Waals surface area (Å²) < 4.78 is 19.0. The predicted molar refractivity (Wildman–Crippen MR) is 84.3 cm³/mol. The van der Waals surface area contributed by atoms with Gasteiger partial charge in [-0.2, -0.15) is 0 Å². The summed E-state index contributed by atoms with van der Waals surface area (Å²) in [6.45, 7) is 1.62. The zero-order chi connectivity index (χ0) is 15.4. The number of benzene rings is 2. The molecule has 2 aromatic carbocycles. The predicted octanol–water partition coefficient (Wildman–Crippen LogP) is 4.65. The average Bonchev–Trinajstić information content (AvgIpc) is 2.44. The van der Waals surface area contributed by atoms with Crippen LogP contribution in [0.4, 0.5) is 10.1 Å². The first-order chi connectivity index (χ1) is 9.95. The lowest BCUT2D eigenvalue weighted by atomic mass is 10.3. The van der Waals surface area contributed by atoms with E-state index in [1.54, 1.807) is 25.1 Å². The molecule has 1 amide bonds. The van der Waals surface area contributed by atoms with Crippen molar-refractivity contribution >= 4 is 39.1 Å². The van der Waals surface area contributed by atoms with E-state index in [1.807, 2.05) is 0 Å². The van der Waals surface area contributed by atoms with Gasteiger partial charge < -0.3 is 10.1 Å². The number of hydrogen-bond donors (Lipinski definition) is 1. The molecule has 6 heteroatoms. The second kappa shape index (κ2) is 6.91. The quantitative estimate of drug-likeness (QED) is 0.848. The maximum Gasteiger partial charge on any atom is 0.265 e. The Bertz CT molecular complexity index is 649. The summed E-state index contributed by atoms with van der Waals surface area (Å²) in [4.78, 5) is 12.0. The van der Waals surface area contributed by atoms with E-state index in [0.717, 1.165) is 0 Å². The highest BCUT2D eigenvalue weighted by molar-refractivity contribution is 9.10. The largest absolute Gasteiger partial charge is 0.480 e. The Labute approximate surface area is 135 Å². The van der Waals surface area contributed by atoms with Gasteiger partial charge in [-0.3, -0.25) is 4.79 Å². The Hall–Kier alpha value is -1.59. The minimum absolute atomic E-state index is 0.330. The van der Waals surface area contributed by atoms with Gasteiger partial charge in [0, 0.05) is 10.7 Å². The molecule has 1 N–H and O–H groups in total. The smallest absolute Gasteiger partial charge is 0.265 e. The van der Waals surface area contributed by atoms with E-state index in [1.165, 1.54) is 24.3 Å². The molecule has 0 aliphatic rings. The molecule has 21 heavy (non-hydrogen) atoms. The Kier molecular flexibility index (Phi) is 5.20. The maximum atomic E-state index is 12.8. The van der Waals surface area contributed by atoms with Crippen molar-refractivity contribution in [1.82, 2.24) is 0 Å². The number of halogens is 3. The van der Waals surface area contributed by atoms with Crippen molar-refractivity contribution in [3.05, 3.63) is 57.8 Å². The lowest BCUT2D eigenvalue weighted by molar-refractivity contribution is -0.122. The molecule has 1 atom stereocenters. The second-order valence-corrected chi connectivity index (χ2v) is 5.62. The molecule has 0 bridgehead atoms. The summed E-state index contributed by atoms with van der Waals surface area (Å²) in [6, 6.07) is 10.5. The van der Waals surface area contributed by atoms with E-state index >= 15 is 0 Å². The molecule has 0 saturated heterocycles. The Balaban J connectivity index is 2.00. The summed E-state index contributed by atoms with van der Waals surface area (Å²) in [5.74, 6) is -0.174. The normalized spacial score (nSPS) is 11.8. The molecule has 0 heterocycles. The van der Waals surface area contributed by atoms with E-state index in [4.69, 9.17) is 16.3 Å². The molecule has 0 radical (unpaired) electrons. The third-order valence-electron chi connectivity index (χ3n) is 2.68. The van der Waals surface area contributed by atoms with Gasteiger partial charge in [-0.25, -0.2) is 4.39 Å². The average molecular weight is 373 g/mol. The maximum absolute atomic E-state index is 12.8. The number of carbonyl (C=O) groups excluding carboxylic acids is 1. The third kappa shape index (κ3) is 4.44. The SMILES string of the molecule is C[C@H](Oc1ccc(Cl)cc1Br)C(=O)Nc1ccc(F)cc1. The molecule has 2 aromatic rings. The highest BCUT2D eigenvalue weighted by atomic mass is 79.9. The van der Waals surface area contributed by atoms with Crippen molar-refractivity contribution in [2.45, 2.75) is 13.0 Å². The minimum Gasteiger partial charge on any atom is -0.480 e. The van der Waals surface area contributed by atoms with Gasteiger partial charge in [0.05, 0.1) is 4.47 Å². The van der Waals surface area contributed by atoms with Gasteiger partial charge in [0.2, 0.25) is 0 Å². The Morgan fingerprint density at radius 2 is 1.95 bits per heavy atom. The van der Waals surface area contributed by atoms with E-state index in [9.17, 15) is 9.18 Å². The summed E-state index contributed by atoms with van der Waals surface area (Å²) in [5, 5.41) is 3.22. The van der Waals surface area contributed by atoms with Gasteiger partial charge in [0.25, 0.3) is 5.91 Å². The lowest BCUT2D eigenvalue weighted by Crippen LogP contribution is -2.30. The fourth-order valence-corrected chi connectivity index (χ4v) is 2.37. The molecular formula is C15H12BrClFNO2. The van der Waals surface area contributed by atoms with Gasteiger partial charge in [-0.1, -0.05) is 11.6 Å². The van der Waals surface area contributed by atoms with Crippen LogP contribution in [-0.4, -0.2) is 12.0 Å². The second-order valence-electron chi connectivity index (χ2n) is 4.33. The van der Waals surface area contributed by atoms with Crippen LogP contribution in [0.1, 0.15) is 6.92 Å². The molecule has 0 aliphatic heterocycles. The molecular weight excluding hydrogens is 361 g/mol. The molecule has 0 fully saturated rings. The van der Waals surface area contributed by atoms with Crippen LogP contribution in [0, 0.1) is 5.82 Å². The molecule has 110 valence electrons. The lowest BCUT2D eigenvalue weighted by Gasteiger charge is -2.16. The molecule has 3 nitrogen and oxygen atoms in total. The van der Waals surface area contributed by atoms with Crippen LogP contribution in [0.2, 0.25) is 5.02 Å². The number of nitrogens with one attached hydrogen (secondary N) is 1. The topological polar surface area (TPSA) is 38.3 Å². The molecule has 0 aromatic heterocycles. The number of rotatable bonds is 4. The number of ether oxygens (including phenoxy) is 1. The monoisotopic (exact) mass is 371 g/mol. The molecule has 0 saturated carbocycles. The van der Waals surface area contributed by atoms with Crippen LogP contribution in [0.3, 0.4) is 0 Å². The van der Waals surface area contributed by atoms with Gasteiger partial charge in [0.1, 0.15) is 11.6 Å². The number of hydrogen-bond acceptors (Lipinski definition) is 2. The van der Waals surface area contributed by atoms with Crippen molar-refractivity contribution in [2.75, 3.05) is 5.32 Å². The van der Waals surface area contributed by atoms with Crippen LogP contribution in [0.5, 0.6) is 5.75 Å². The standard InChI is InChI=1S/C15H12BrClFNO2/c1-9(21-14-7-2-10(17)8-13(14)16)15(20)19-12-5-3-11(18)4-6-12/h2-9H,1H3,(H,19,20)/t9-/m0/s1. The summed E-state index contributed by atoms with van der Waals surface area (Å²) in [5.41, 5.74) is 0.507. The van der Waals surface area contributed by atoms with Crippen molar-refractivity contribution in [1.29, 1.82) is 0 Å². The van der Waals surface area contributed by atoms with E-state index in [-0.39, 0.29) is 11.7 Å². The Morgan fingerprint density at radius 3 is 2.57 bits per heavy atom. The summed E-state index contributed by atoms with van der Waals surface area (Å²) >= 11 is 9.16. The zero-order valence-corrected chi connectivity index (χ0v) is 13.4. The van der Waals surface area contributed by atoms with E-state index < -0.39 is 6.10 Å². The fraction of sp³-hybridized carbons (Fsp3) is 0.133. The first kappa shape index (κ1) is 15.8. The van der Waals surface area contributed by atoms with E-state index in [0.29, 0.717) is 20.9 Å².